The molecule has 3 aromatic rings. The second-order valence-corrected chi connectivity index (χ2v) is 7.32. The van der Waals surface area contributed by atoms with Crippen molar-refractivity contribution in [1.82, 2.24) is 10.2 Å². The molecule has 0 radical (unpaired) electrons. The Morgan fingerprint density at radius 2 is 1.96 bits per heavy atom. The molecule has 132 valence electrons. The fraction of sp³-hybridized carbons (Fsp3) is 0.333. The first-order chi connectivity index (χ1) is 11.8. The minimum Gasteiger partial charge on any atom is -0.466 e. The van der Waals surface area contributed by atoms with Crippen LogP contribution in [-0.4, -0.2) is 21.8 Å². The van der Waals surface area contributed by atoms with E-state index in [9.17, 15) is 9.50 Å². The fourth-order valence-corrected chi connectivity index (χ4v) is 3.45. The zero-order valence-electron chi connectivity index (χ0n) is 14.3. The van der Waals surface area contributed by atoms with Gasteiger partial charge in [-0.25, -0.2) is 4.39 Å². The molecule has 2 heterocycles. The molecule has 0 aliphatic carbocycles. The lowest BCUT2D eigenvalue weighted by Gasteiger charge is -2.22. The third-order valence-corrected chi connectivity index (χ3v) is 4.82. The van der Waals surface area contributed by atoms with Crippen LogP contribution in [0.25, 0.3) is 0 Å². The summed E-state index contributed by atoms with van der Waals surface area (Å²) in [4.78, 5) is 0. The number of hydrogen-bond acceptors (Lipinski definition) is 6. The maximum Gasteiger partial charge on any atom is 0.205 e. The van der Waals surface area contributed by atoms with Gasteiger partial charge in [-0.3, -0.25) is 0 Å². The second-order valence-electron chi connectivity index (χ2n) is 6.26. The summed E-state index contributed by atoms with van der Waals surface area (Å²) in [5.74, 6) is 1.22. The molecule has 0 bridgehead atoms. The van der Waals surface area contributed by atoms with E-state index in [0.29, 0.717) is 17.3 Å². The highest BCUT2D eigenvalue weighted by molar-refractivity contribution is 7.15. The van der Waals surface area contributed by atoms with Crippen LogP contribution in [0.4, 0.5) is 9.52 Å². The summed E-state index contributed by atoms with van der Waals surface area (Å²) in [6.45, 7) is 5.71. The van der Waals surface area contributed by atoms with Gasteiger partial charge in [-0.2, -0.15) is 0 Å². The van der Waals surface area contributed by atoms with Crippen molar-refractivity contribution in [1.29, 1.82) is 0 Å². The monoisotopic (exact) mass is 361 g/mol. The predicted molar refractivity (Wildman–Crippen MR) is 95.4 cm³/mol. The summed E-state index contributed by atoms with van der Waals surface area (Å²) in [7, 11) is 0. The minimum absolute atomic E-state index is 0.254. The maximum absolute atomic E-state index is 12.9. The highest BCUT2D eigenvalue weighted by Gasteiger charge is 2.27. The smallest absolute Gasteiger partial charge is 0.205 e. The first-order valence-corrected chi connectivity index (χ1v) is 8.76. The molecular formula is C18H20FN3O2S. The van der Waals surface area contributed by atoms with Crippen LogP contribution in [0.2, 0.25) is 0 Å². The van der Waals surface area contributed by atoms with E-state index < -0.39 is 5.60 Å². The van der Waals surface area contributed by atoms with E-state index in [1.807, 2.05) is 19.9 Å². The number of furan rings is 1. The van der Waals surface area contributed by atoms with E-state index >= 15 is 0 Å². The van der Waals surface area contributed by atoms with Crippen molar-refractivity contribution < 1.29 is 13.9 Å². The van der Waals surface area contributed by atoms with Gasteiger partial charge >= 0.3 is 0 Å². The molecule has 0 spiro atoms. The third kappa shape index (κ3) is 4.24. The topological polar surface area (TPSA) is 71.2 Å². The lowest BCUT2D eigenvalue weighted by atomic mass is 9.96. The SMILES string of the molecule is Cc1cc(C(C)(O)CNc2nnc(Cc3ccc(F)cc3)s2)c(C)o1. The second kappa shape index (κ2) is 6.93. The van der Waals surface area contributed by atoms with Crippen LogP contribution in [-0.2, 0) is 12.0 Å². The Balaban J connectivity index is 1.63. The summed E-state index contributed by atoms with van der Waals surface area (Å²) in [6, 6.07) is 8.18. The number of aryl methyl sites for hydroxylation is 2. The van der Waals surface area contributed by atoms with Crippen LogP contribution in [0.15, 0.2) is 34.7 Å². The number of aliphatic hydroxyl groups is 1. The van der Waals surface area contributed by atoms with Gasteiger partial charge in [0.25, 0.3) is 0 Å². The Hall–Kier alpha value is -2.25. The van der Waals surface area contributed by atoms with E-state index in [4.69, 9.17) is 4.42 Å². The highest BCUT2D eigenvalue weighted by atomic mass is 32.1. The first kappa shape index (κ1) is 17.6. The van der Waals surface area contributed by atoms with Gasteiger partial charge in [-0.05, 0) is 44.5 Å². The van der Waals surface area contributed by atoms with Crippen LogP contribution in [0, 0.1) is 19.7 Å². The summed E-state index contributed by atoms with van der Waals surface area (Å²) < 4.78 is 18.4. The quantitative estimate of drug-likeness (QED) is 0.699. The Morgan fingerprint density at radius 1 is 1.24 bits per heavy atom. The molecule has 2 N–H and O–H groups in total. The Labute approximate surface area is 149 Å². The Bertz CT molecular complexity index is 856. The molecule has 0 aliphatic rings. The van der Waals surface area contributed by atoms with E-state index in [2.05, 4.69) is 15.5 Å². The average molecular weight is 361 g/mol. The van der Waals surface area contributed by atoms with Crippen molar-refractivity contribution in [2.75, 3.05) is 11.9 Å². The van der Waals surface area contributed by atoms with Gasteiger partial charge in [0.1, 0.15) is 27.9 Å². The molecule has 25 heavy (non-hydrogen) atoms. The van der Waals surface area contributed by atoms with Gasteiger partial charge in [0.05, 0.1) is 0 Å². The highest BCUT2D eigenvalue weighted by Crippen LogP contribution is 2.28. The van der Waals surface area contributed by atoms with Gasteiger partial charge in [-0.1, -0.05) is 23.5 Å². The lowest BCUT2D eigenvalue weighted by Crippen LogP contribution is -2.31. The summed E-state index contributed by atoms with van der Waals surface area (Å²) in [5.41, 5.74) is 0.652. The molecule has 1 aromatic carbocycles. The molecular weight excluding hydrogens is 341 g/mol. The number of nitrogens with one attached hydrogen (secondary N) is 1. The van der Waals surface area contributed by atoms with Crippen molar-refractivity contribution in [3.63, 3.8) is 0 Å². The molecule has 0 amide bonds. The number of nitrogens with zero attached hydrogens (tertiary/aromatic N) is 2. The normalized spacial score (nSPS) is 13.6. The number of hydrogen-bond donors (Lipinski definition) is 2. The minimum atomic E-state index is -1.08. The molecule has 0 saturated carbocycles. The van der Waals surface area contributed by atoms with Crippen LogP contribution < -0.4 is 5.32 Å². The van der Waals surface area contributed by atoms with Gasteiger partial charge in [0.15, 0.2) is 0 Å². The molecule has 1 unspecified atom stereocenters. The number of benzene rings is 1. The maximum atomic E-state index is 12.9. The average Bonchev–Trinajstić information content (AvgIpc) is 3.14. The van der Waals surface area contributed by atoms with Gasteiger partial charge in [-0.15, -0.1) is 10.2 Å². The lowest BCUT2D eigenvalue weighted by molar-refractivity contribution is 0.0699. The van der Waals surface area contributed by atoms with Crippen molar-refractivity contribution >= 4 is 16.5 Å². The fourth-order valence-electron chi connectivity index (χ4n) is 2.68. The van der Waals surface area contributed by atoms with Crippen molar-refractivity contribution in [3.05, 3.63) is 63.8 Å². The van der Waals surface area contributed by atoms with Gasteiger partial charge < -0.3 is 14.8 Å². The zero-order valence-corrected chi connectivity index (χ0v) is 15.2. The molecule has 3 rings (SSSR count). The molecule has 7 heteroatoms. The van der Waals surface area contributed by atoms with Crippen LogP contribution in [0.1, 0.15) is 34.6 Å². The first-order valence-electron chi connectivity index (χ1n) is 7.94. The van der Waals surface area contributed by atoms with Crippen LogP contribution in [0.5, 0.6) is 0 Å². The van der Waals surface area contributed by atoms with Gasteiger partial charge in [0, 0.05) is 18.5 Å². The number of rotatable bonds is 6. The summed E-state index contributed by atoms with van der Waals surface area (Å²) in [6.07, 6.45) is 0.593. The predicted octanol–water partition coefficient (Wildman–Crippen LogP) is 3.80. The number of halogens is 1. The van der Waals surface area contributed by atoms with E-state index in [0.717, 1.165) is 21.9 Å². The largest absolute Gasteiger partial charge is 0.466 e. The summed E-state index contributed by atoms with van der Waals surface area (Å²) in [5, 5.41) is 23.5. The molecule has 0 fully saturated rings. The number of aromatic nitrogens is 2. The van der Waals surface area contributed by atoms with E-state index in [1.54, 1.807) is 19.1 Å². The van der Waals surface area contributed by atoms with Crippen molar-refractivity contribution in [3.8, 4) is 0 Å². The standard InChI is InChI=1S/C18H20FN3O2S/c1-11-8-15(12(2)24-11)18(3,23)10-20-17-22-21-16(25-17)9-13-4-6-14(19)7-5-13/h4-8,23H,9-10H2,1-3H3,(H,20,22). The van der Waals surface area contributed by atoms with Crippen LogP contribution in [0.3, 0.4) is 0 Å². The Morgan fingerprint density at radius 3 is 2.60 bits per heavy atom. The summed E-state index contributed by atoms with van der Waals surface area (Å²) >= 11 is 1.42. The molecule has 0 saturated heterocycles. The van der Waals surface area contributed by atoms with Crippen LogP contribution >= 0.6 is 11.3 Å². The zero-order chi connectivity index (χ0) is 18.0. The third-order valence-electron chi connectivity index (χ3n) is 3.94. The molecule has 2 aromatic heterocycles. The molecule has 1 atom stereocenters. The van der Waals surface area contributed by atoms with Gasteiger partial charge in [0.2, 0.25) is 5.13 Å². The van der Waals surface area contributed by atoms with E-state index in [1.165, 1.54) is 23.5 Å². The molecule has 5 nitrogen and oxygen atoms in total. The number of anilines is 1. The Kier molecular flexibility index (Phi) is 4.87. The molecule has 0 aliphatic heterocycles. The van der Waals surface area contributed by atoms with Crippen molar-refractivity contribution in [2.24, 2.45) is 0 Å². The van der Waals surface area contributed by atoms with E-state index in [-0.39, 0.29) is 12.4 Å². The van der Waals surface area contributed by atoms with Crippen molar-refractivity contribution in [2.45, 2.75) is 32.8 Å².